The van der Waals surface area contributed by atoms with Crippen LogP contribution in [0.2, 0.25) is 0 Å². The zero-order valence-electron chi connectivity index (χ0n) is 20.2. The van der Waals surface area contributed by atoms with Crippen LogP contribution in [-0.2, 0) is 13.1 Å². The van der Waals surface area contributed by atoms with Gasteiger partial charge in [-0.25, -0.2) is 9.67 Å². The van der Waals surface area contributed by atoms with Gasteiger partial charge in [0.1, 0.15) is 23.0 Å². The van der Waals surface area contributed by atoms with Crippen molar-refractivity contribution < 1.29 is 14.3 Å². The molecule has 0 spiro atoms. The van der Waals surface area contributed by atoms with Crippen molar-refractivity contribution in [1.29, 1.82) is 0 Å². The Morgan fingerprint density at radius 1 is 1.03 bits per heavy atom. The number of benzene rings is 2. The van der Waals surface area contributed by atoms with E-state index in [-0.39, 0.29) is 12.5 Å². The van der Waals surface area contributed by atoms with Gasteiger partial charge in [-0.1, -0.05) is 17.3 Å². The third kappa shape index (κ3) is 5.94. The van der Waals surface area contributed by atoms with E-state index in [1.54, 1.807) is 37.2 Å². The molecule has 4 aromatic rings. The highest BCUT2D eigenvalue weighted by Crippen LogP contribution is 2.29. The standard InChI is InChI=1S/C26H28N6O3/c1-17-7-8-24(35-4)23(12-17)29-25-22(6-5-9-27-25)26(33)28-14-20-16-32(31-30-20)15-19-10-18(2)11-21(13-19)34-3/h5-13,16H,14-15H2,1-4H3,(H,27,29)(H,28,33). The predicted molar refractivity (Wildman–Crippen MR) is 133 cm³/mol. The number of nitrogens with zero attached hydrogens (tertiary/aromatic N) is 4. The van der Waals surface area contributed by atoms with Gasteiger partial charge in [0.2, 0.25) is 0 Å². The van der Waals surface area contributed by atoms with Crippen LogP contribution in [0.3, 0.4) is 0 Å². The van der Waals surface area contributed by atoms with Gasteiger partial charge in [-0.2, -0.15) is 0 Å². The van der Waals surface area contributed by atoms with Gasteiger partial charge in [-0.15, -0.1) is 5.10 Å². The average molecular weight is 473 g/mol. The Balaban J connectivity index is 1.43. The molecule has 1 amide bonds. The maximum atomic E-state index is 13.0. The number of ether oxygens (including phenoxy) is 2. The lowest BCUT2D eigenvalue weighted by Crippen LogP contribution is -2.24. The quantitative estimate of drug-likeness (QED) is 0.379. The molecular formula is C26H28N6O3. The summed E-state index contributed by atoms with van der Waals surface area (Å²) in [5.41, 5.74) is 5.02. The molecule has 0 saturated heterocycles. The van der Waals surface area contributed by atoms with E-state index < -0.39 is 0 Å². The molecule has 9 nitrogen and oxygen atoms in total. The van der Waals surface area contributed by atoms with Gasteiger partial charge in [0, 0.05) is 6.20 Å². The van der Waals surface area contributed by atoms with Crippen LogP contribution in [0.15, 0.2) is 60.9 Å². The summed E-state index contributed by atoms with van der Waals surface area (Å²) in [7, 11) is 3.25. The number of amides is 1. The van der Waals surface area contributed by atoms with E-state index in [0.717, 1.165) is 28.1 Å². The number of methoxy groups -OCH3 is 2. The van der Waals surface area contributed by atoms with Crippen molar-refractivity contribution in [1.82, 2.24) is 25.3 Å². The fourth-order valence-electron chi connectivity index (χ4n) is 3.72. The van der Waals surface area contributed by atoms with Crippen LogP contribution in [0.5, 0.6) is 11.5 Å². The molecule has 0 aliphatic rings. The van der Waals surface area contributed by atoms with Crippen LogP contribution in [-0.4, -0.2) is 40.1 Å². The van der Waals surface area contributed by atoms with E-state index in [9.17, 15) is 4.79 Å². The largest absolute Gasteiger partial charge is 0.497 e. The summed E-state index contributed by atoms with van der Waals surface area (Å²) in [5, 5.41) is 14.5. The highest BCUT2D eigenvalue weighted by molar-refractivity contribution is 5.99. The number of pyridine rings is 1. The zero-order valence-corrected chi connectivity index (χ0v) is 20.2. The van der Waals surface area contributed by atoms with Crippen LogP contribution in [0.1, 0.15) is 32.7 Å². The molecule has 0 aliphatic carbocycles. The highest BCUT2D eigenvalue weighted by Gasteiger charge is 2.15. The Kier molecular flexibility index (Phi) is 7.25. The van der Waals surface area contributed by atoms with Gasteiger partial charge in [-0.05, 0) is 66.9 Å². The van der Waals surface area contributed by atoms with Gasteiger partial charge in [0.05, 0.1) is 44.8 Å². The second-order valence-corrected chi connectivity index (χ2v) is 8.18. The minimum absolute atomic E-state index is 0.234. The SMILES string of the molecule is COc1cc(C)cc(Cn2cc(CNC(=O)c3cccnc3Nc3cc(C)ccc3OC)nn2)c1. The van der Waals surface area contributed by atoms with Gasteiger partial charge >= 0.3 is 0 Å². The molecular weight excluding hydrogens is 444 g/mol. The van der Waals surface area contributed by atoms with Crippen molar-refractivity contribution in [2.24, 2.45) is 0 Å². The maximum Gasteiger partial charge on any atom is 0.255 e. The van der Waals surface area contributed by atoms with Crippen molar-refractivity contribution in [2.45, 2.75) is 26.9 Å². The summed E-state index contributed by atoms with van der Waals surface area (Å²) in [6.45, 7) is 4.79. The molecule has 0 bridgehead atoms. The van der Waals surface area contributed by atoms with E-state index in [2.05, 4.69) is 32.0 Å². The lowest BCUT2D eigenvalue weighted by molar-refractivity contribution is 0.0951. The molecule has 35 heavy (non-hydrogen) atoms. The maximum absolute atomic E-state index is 13.0. The van der Waals surface area contributed by atoms with E-state index in [1.165, 1.54) is 0 Å². The average Bonchev–Trinajstić information content (AvgIpc) is 3.29. The van der Waals surface area contributed by atoms with Crippen LogP contribution < -0.4 is 20.1 Å². The topological polar surface area (TPSA) is 103 Å². The first-order valence-electron chi connectivity index (χ1n) is 11.1. The van der Waals surface area contributed by atoms with E-state index >= 15 is 0 Å². The summed E-state index contributed by atoms with van der Waals surface area (Å²) in [6.07, 6.45) is 3.45. The van der Waals surface area contributed by atoms with Crippen LogP contribution in [0, 0.1) is 13.8 Å². The molecule has 2 heterocycles. The first-order chi connectivity index (χ1) is 16.9. The van der Waals surface area contributed by atoms with Crippen molar-refractivity contribution in [2.75, 3.05) is 19.5 Å². The van der Waals surface area contributed by atoms with Crippen molar-refractivity contribution in [3.8, 4) is 11.5 Å². The summed E-state index contributed by atoms with van der Waals surface area (Å²) in [6, 6.07) is 15.2. The fourth-order valence-corrected chi connectivity index (χ4v) is 3.72. The zero-order chi connectivity index (χ0) is 24.8. The van der Waals surface area contributed by atoms with Gasteiger partial charge in [0.15, 0.2) is 0 Å². The number of carbonyl (C=O) groups excluding carboxylic acids is 1. The van der Waals surface area contributed by atoms with Crippen molar-refractivity contribution in [3.63, 3.8) is 0 Å². The van der Waals surface area contributed by atoms with E-state index in [1.807, 2.05) is 50.4 Å². The van der Waals surface area contributed by atoms with E-state index in [4.69, 9.17) is 9.47 Å². The molecule has 9 heteroatoms. The molecule has 2 N–H and O–H groups in total. The molecule has 0 aliphatic heterocycles. The summed E-state index contributed by atoms with van der Waals surface area (Å²) in [4.78, 5) is 17.3. The van der Waals surface area contributed by atoms with Crippen LogP contribution in [0.25, 0.3) is 0 Å². The Hall–Kier alpha value is -4.40. The first-order valence-corrected chi connectivity index (χ1v) is 11.1. The summed E-state index contributed by atoms with van der Waals surface area (Å²) in [5.74, 6) is 1.63. The first kappa shape index (κ1) is 23.7. The van der Waals surface area contributed by atoms with Gasteiger partial charge in [-0.3, -0.25) is 4.79 Å². The number of hydrogen-bond acceptors (Lipinski definition) is 7. The van der Waals surface area contributed by atoms with Gasteiger partial charge < -0.3 is 20.1 Å². The third-order valence-electron chi connectivity index (χ3n) is 5.37. The Morgan fingerprint density at radius 3 is 2.69 bits per heavy atom. The van der Waals surface area contributed by atoms with Crippen molar-refractivity contribution >= 4 is 17.4 Å². The lowest BCUT2D eigenvalue weighted by Gasteiger charge is -2.14. The third-order valence-corrected chi connectivity index (χ3v) is 5.37. The highest BCUT2D eigenvalue weighted by atomic mass is 16.5. The number of aryl methyl sites for hydroxylation is 2. The molecule has 2 aromatic heterocycles. The Morgan fingerprint density at radius 2 is 1.89 bits per heavy atom. The molecule has 2 aromatic carbocycles. The van der Waals surface area contributed by atoms with E-state index in [0.29, 0.717) is 29.4 Å². The minimum atomic E-state index is -0.273. The van der Waals surface area contributed by atoms with Crippen LogP contribution in [0.4, 0.5) is 11.5 Å². The summed E-state index contributed by atoms with van der Waals surface area (Å²) < 4.78 is 12.5. The Bertz CT molecular complexity index is 1330. The molecule has 4 rings (SSSR count). The number of nitrogens with one attached hydrogen (secondary N) is 2. The monoisotopic (exact) mass is 472 g/mol. The minimum Gasteiger partial charge on any atom is -0.497 e. The van der Waals surface area contributed by atoms with Crippen molar-refractivity contribution in [3.05, 3.63) is 88.9 Å². The molecule has 0 saturated carbocycles. The number of carbonyl (C=O) groups is 1. The second kappa shape index (κ2) is 10.7. The molecule has 0 radical (unpaired) electrons. The molecule has 0 atom stereocenters. The normalized spacial score (nSPS) is 10.6. The molecule has 0 unspecified atom stereocenters. The number of rotatable bonds is 9. The Labute approximate surface area is 204 Å². The number of anilines is 2. The number of aromatic nitrogens is 4. The molecule has 180 valence electrons. The van der Waals surface area contributed by atoms with Gasteiger partial charge in [0.25, 0.3) is 5.91 Å². The summed E-state index contributed by atoms with van der Waals surface area (Å²) >= 11 is 0. The molecule has 0 fully saturated rings. The predicted octanol–water partition coefficient (Wildman–Crippen LogP) is 4.03. The van der Waals surface area contributed by atoms with Crippen LogP contribution >= 0.6 is 0 Å². The second-order valence-electron chi connectivity index (χ2n) is 8.18. The number of hydrogen-bond donors (Lipinski definition) is 2. The smallest absolute Gasteiger partial charge is 0.255 e. The lowest BCUT2D eigenvalue weighted by atomic mass is 10.1. The fraction of sp³-hybridized carbons (Fsp3) is 0.231.